The van der Waals surface area contributed by atoms with E-state index in [4.69, 9.17) is 11.6 Å². The van der Waals surface area contributed by atoms with Crippen molar-refractivity contribution in [3.05, 3.63) is 28.8 Å². The minimum atomic E-state index is 0.820. The lowest BCUT2D eigenvalue weighted by molar-refractivity contribution is 0.362. The Labute approximate surface area is 122 Å². The van der Waals surface area contributed by atoms with Crippen LogP contribution >= 0.6 is 11.6 Å². The molecular formula is C16H25ClN2. The first kappa shape index (κ1) is 14.7. The lowest BCUT2D eigenvalue weighted by Crippen LogP contribution is -2.28. The van der Waals surface area contributed by atoms with E-state index >= 15 is 0 Å². The van der Waals surface area contributed by atoms with Gasteiger partial charge in [0.2, 0.25) is 0 Å². The van der Waals surface area contributed by atoms with Crippen molar-refractivity contribution < 1.29 is 0 Å². The van der Waals surface area contributed by atoms with Crippen LogP contribution in [0.5, 0.6) is 0 Å². The van der Waals surface area contributed by atoms with Gasteiger partial charge in [-0.2, -0.15) is 0 Å². The lowest BCUT2D eigenvalue weighted by atomic mass is 9.89. The number of hydrogen-bond acceptors (Lipinski definition) is 2. The van der Waals surface area contributed by atoms with E-state index in [0.29, 0.717) is 0 Å². The van der Waals surface area contributed by atoms with E-state index in [2.05, 4.69) is 29.4 Å². The first-order valence-corrected chi connectivity index (χ1v) is 7.72. The molecule has 0 radical (unpaired) electrons. The largest absolute Gasteiger partial charge is 0.374 e. The predicted molar refractivity (Wildman–Crippen MR) is 84.1 cm³/mol. The molecule has 1 aromatic rings. The Morgan fingerprint density at radius 2 is 2.00 bits per heavy atom. The molecule has 0 spiro atoms. The van der Waals surface area contributed by atoms with Gasteiger partial charge in [0.05, 0.1) is 0 Å². The molecule has 0 amide bonds. The summed E-state index contributed by atoms with van der Waals surface area (Å²) in [5.74, 6) is 0.858. The van der Waals surface area contributed by atoms with Crippen LogP contribution < -0.4 is 10.2 Å². The molecule has 1 aliphatic carbocycles. The third kappa shape index (κ3) is 4.12. The molecule has 3 heteroatoms. The summed E-state index contributed by atoms with van der Waals surface area (Å²) >= 11 is 6.10. The van der Waals surface area contributed by atoms with Crippen LogP contribution in [0.25, 0.3) is 0 Å². The van der Waals surface area contributed by atoms with Crippen molar-refractivity contribution in [1.29, 1.82) is 0 Å². The predicted octanol–water partition coefficient (Wildman–Crippen LogP) is 4.08. The lowest BCUT2D eigenvalue weighted by Gasteiger charge is -2.29. The van der Waals surface area contributed by atoms with Crippen LogP contribution in [0.15, 0.2) is 18.2 Å². The molecule has 0 unspecified atom stereocenters. The van der Waals surface area contributed by atoms with Crippen LogP contribution in [0.3, 0.4) is 0 Å². The van der Waals surface area contributed by atoms with E-state index in [-0.39, 0.29) is 0 Å². The van der Waals surface area contributed by atoms with Crippen LogP contribution in [-0.2, 0) is 6.54 Å². The molecule has 0 heterocycles. The second kappa shape index (κ2) is 7.16. The number of anilines is 1. The zero-order chi connectivity index (χ0) is 13.7. The number of benzene rings is 1. The highest BCUT2D eigenvalue weighted by atomic mass is 35.5. The second-order valence-corrected chi connectivity index (χ2v) is 6.12. The van der Waals surface area contributed by atoms with Crippen molar-refractivity contribution in [2.45, 2.75) is 38.6 Å². The number of nitrogens with zero attached hydrogens (tertiary/aromatic N) is 1. The van der Waals surface area contributed by atoms with Gasteiger partial charge >= 0.3 is 0 Å². The molecule has 0 aliphatic heterocycles. The van der Waals surface area contributed by atoms with E-state index in [9.17, 15) is 0 Å². The molecule has 0 bridgehead atoms. The molecule has 0 saturated heterocycles. The smallest absolute Gasteiger partial charge is 0.0410 e. The van der Waals surface area contributed by atoms with E-state index < -0.39 is 0 Å². The molecule has 2 rings (SSSR count). The van der Waals surface area contributed by atoms with Crippen LogP contribution in [0.4, 0.5) is 5.69 Å². The average Bonchev–Trinajstić information content (AvgIpc) is 2.40. The van der Waals surface area contributed by atoms with Gasteiger partial charge < -0.3 is 10.2 Å². The summed E-state index contributed by atoms with van der Waals surface area (Å²) in [7, 11) is 4.18. The van der Waals surface area contributed by atoms with Crippen LogP contribution in [0.2, 0.25) is 5.02 Å². The topological polar surface area (TPSA) is 15.3 Å². The van der Waals surface area contributed by atoms with Crippen molar-refractivity contribution in [2.75, 3.05) is 25.5 Å². The fourth-order valence-corrected chi connectivity index (χ4v) is 3.31. The van der Waals surface area contributed by atoms with Crippen molar-refractivity contribution in [2.24, 2.45) is 5.92 Å². The van der Waals surface area contributed by atoms with Gasteiger partial charge in [0.1, 0.15) is 0 Å². The molecule has 2 nitrogen and oxygen atoms in total. The maximum Gasteiger partial charge on any atom is 0.0410 e. The minimum absolute atomic E-state index is 0.820. The molecular weight excluding hydrogens is 256 g/mol. The summed E-state index contributed by atoms with van der Waals surface area (Å²) in [4.78, 5) is 2.40. The van der Waals surface area contributed by atoms with Gasteiger partial charge in [-0.3, -0.25) is 0 Å². The zero-order valence-electron chi connectivity index (χ0n) is 12.1. The SMILES string of the molecule is CNCc1cc(Cl)ccc1N(C)CC1CCCCC1. The van der Waals surface area contributed by atoms with Crippen LogP contribution in [-0.4, -0.2) is 20.6 Å². The number of halogens is 1. The molecule has 0 atom stereocenters. The quantitative estimate of drug-likeness (QED) is 0.874. The Morgan fingerprint density at radius 1 is 1.26 bits per heavy atom. The fraction of sp³-hybridized carbons (Fsp3) is 0.625. The molecule has 106 valence electrons. The maximum absolute atomic E-state index is 6.10. The minimum Gasteiger partial charge on any atom is -0.374 e. The highest BCUT2D eigenvalue weighted by Crippen LogP contribution is 2.28. The molecule has 19 heavy (non-hydrogen) atoms. The Bertz CT molecular complexity index is 400. The van der Waals surface area contributed by atoms with Crippen LogP contribution in [0.1, 0.15) is 37.7 Å². The van der Waals surface area contributed by atoms with E-state index in [1.807, 2.05) is 13.1 Å². The normalized spacial score (nSPS) is 16.6. The van der Waals surface area contributed by atoms with Gasteiger partial charge in [0.15, 0.2) is 0 Å². The zero-order valence-corrected chi connectivity index (χ0v) is 12.8. The third-order valence-electron chi connectivity index (χ3n) is 4.08. The monoisotopic (exact) mass is 280 g/mol. The van der Waals surface area contributed by atoms with Gasteiger partial charge in [-0.25, -0.2) is 0 Å². The molecule has 0 aromatic heterocycles. The van der Waals surface area contributed by atoms with E-state index in [1.54, 1.807) is 0 Å². The summed E-state index contributed by atoms with van der Waals surface area (Å²) in [6, 6.07) is 6.22. The second-order valence-electron chi connectivity index (χ2n) is 5.69. The molecule has 1 N–H and O–H groups in total. The Hall–Kier alpha value is -0.730. The molecule has 1 aromatic carbocycles. The average molecular weight is 281 g/mol. The van der Waals surface area contributed by atoms with Crippen molar-refractivity contribution in [3.63, 3.8) is 0 Å². The van der Waals surface area contributed by atoms with E-state index in [1.165, 1.54) is 49.9 Å². The fourth-order valence-electron chi connectivity index (χ4n) is 3.11. The van der Waals surface area contributed by atoms with Crippen molar-refractivity contribution in [3.8, 4) is 0 Å². The summed E-state index contributed by atoms with van der Waals surface area (Å²) in [5.41, 5.74) is 2.60. The maximum atomic E-state index is 6.10. The standard InChI is InChI=1S/C16H25ClN2/c1-18-11-14-10-15(17)8-9-16(14)19(2)12-13-6-4-3-5-7-13/h8-10,13,18H,3-7,11-12H2,1-2H3. The van der Waals surface area contributed by atoms with Crippen molar-refractivity contribution in [1.82, 2.24) is 5.32 Å². The first-order chi connectivity index (χ1) is 9.20. The van der Waals surface area contributed by atoms with E-state index in [0.717, 1.165) is 17.5 Å². The highest BCUT2D eigenvalue weighted by molar-refractivity contribution is 6.30. The van der Waals surface area contributed by atoms with Gasteiger partial charge in [-0.1, -0.05) is 30.9 Å². The number of rotatable bonds is 5. The highest BCUT2D eigenvalue weighted by Gasteiger charge is 2.17. The first-order valence-electron chi connectivity index (χ1n) is 7.35. The van der Waals surface area contributed by atoms with Crippen LogP contribution in [0, 0.1) is 5.92 Å². The Kier molecular flexibility index (Phi) is 5.53. The summed E-state index contributed by atoms with van der Waals surface area (Å²) in [6.45, 7) is 2.03. The Balaban J connectivity index is 2.06. The molecule has 1 saturated carbocycles. The number of hydrogen-bond donors (Lipinski definition) is 1. The summed E-state index contributed by atoms with van der Waals surface area (Å²) in [5, 5.41) is 4.04. The third-order valence-corrected chi connectivity index (χ3v) is 4.31. The summed E-state index contributed by atoms with van der Waals surface area (Å²) < 4.78 is 0. The summed E-state index contributed by atoms with van der Waals surface area (Å²) in [6.07, 6.45) is 7.01. The van der Waals surface area contributed by atoms with Gasteiger partial charge in [0.25, 0.3) is 0 Å². The van der Waals surface area contributed by atoms with Crippen molar-refractivity contribution >= 4 is 17.3 Å². The molecule has 1 fully saturated rings. The van der Waals surface area contributed by atoms with Gasteiger partial charge in [-0.15, -0.1) is 0 Å². The number of nitrogens with one attached hydrogen (secondary N) is 1. The Morgan fingerprint density at radius 3 is 2.68 bits per heavy atom. The van der Waals surface area contributed by atoms with Gasteiger partial charge in [0, 0.05) is 30.8 Å². The van der Waals surface area contributed by atoms with Gasteiger partial charge in [-0.05, 0) is 49.6 Å². The molecule has 1 aliphatic rings.